The van der Waals surface area contributed by atoms with E-state index in [2.05, 4.69) is 0 Å². The summed E-state index contributed by atoms with van der Waals surface area (Å²) in [7, 11) is 2.77. The van der Waals surface area contributed by atoms with Crippen LogP contribution in [-0.4, -0.2) is 31.0 Å². The Morgan fingerprint density at radius 2 is 1.76 bits per heavy atom. The number of anilines is 1. The van der Waals surface area contributed by atoms with Crippen molar-refractivity contribution in [2.45, 2.75) is 13.0 Å². The lowest BCUT2D eigenvalue weighted by molar-refractivity contribution is -0.132. The third-order valence-corrected chi connectivity index (χ3v) is 6.98. The van der Waals surface area contributed by atoms with Crippen LogP contribution in [0.3, 0.4) is 0 Å². The molecule has 0 aliphatic carbocycles. The van der Waals surface area contributed by atoms with Crippen molar-refractivity contribution in [1.82, 2.24) is 0 Å². The van der Waals surface area contributed by atoms with E-state index in [1.807, 2.05) is 36.6 Å². The van der Waals surface area contributed by atoms with Crippen molar-refractivity contribution in [1.29, 1.82) is 0 Å². The van der Waals surface area contributed by atoms with E-state index >= 15 is 0 Å². The summed E-state index contributed by atoms with van der Waals surface area (Å²) in [6.45, 7) is 1.85. The first-order valence-corrected chi connectivity index (χ1v) is 11.5. The molecule has 0 saturated carbocycles. The number of benzene rings is 2. The van der Waals surface area contributed by atoms with Crippen molar-refractivity contribution in [3.05, 3.63) is 79.5 Å². The number of ketones is 1. The molecule has 1 aromatic heterocycles. The van der Waals surface area contributed by atoms with Gasteiger partial charge < -0.3 is 14.6 Å². The zero-order chi connectivity index (χ0) is 23.9. The molecule has 1 N–H and O–H groups in total. The number of methoxy groups -OCH3 is 2. The molecule has 1 saturated heterocycles. The van der Waals surface area contributed by atoms with E-state index in [0.717, 1.165) is 5.56 Å². The molecule has 2 aromatic carbocycles. The lowest BCUT2D eigenvalue weighted by Crippen LogP contribution is -2.29. The molecule has 0 bridgehead atoms. The van der Waals surface area contributed by atoms with E-state index in [4.69, 9.17) is 32.7 Å². The molecule has 9 heteroatoms. The molecule has 0 spiro atoms. The maximum Gasteiger partial charge on any atom is 0.300 e. The summed E-state index contributed by atoms with van der Waals surface area (Å²) >= 11 is 14.1. The van der Waals surface area contributed by atoms with Gasteiger partial charge in [0.05, 0.1) is 30.4 Å². The number of carbonyl (C=O) groups is 2. The van der Waals surface area contributed by atoms with Gasteiger partial charge in [-0.05, 0) is 36.1 Å². The monoisotopic (exact) mass is 503 g/mol. The Balaban J connectivity index is 2.01. The minimum Gasteiger partial charge on any atom is -0.507 e. The minimum absolute atomic E-state index is 0.0369. The first-order chi connectivity index (χ1) is 15.8. The normalized spacial score (nSPS) is 17.5. The molecule has 0 radical (unpaired) electrons. The van der Waals surface area contributed by atoms with Gasteiger partial charge in [-0.25, -0.2) is 0 Å². The summed E-state index contributed by atoms with van der Waals surface area (Å²) in [6.07, 6.45) is 0. The first-order valence-electron chi connectivity index (χ1n) is 9.82. The van der Waals surface area contributed by atoms with Crippen molar-refractivity contribution in [3.63, 3.8) is 0 Å². The predicted molar refractivity (Wildman–Crippen MR) is 130 cm³/mol. The second-order valence-electron chi connectivity index (χ2n) is 7.26. The SMILES string of the molecule is COc1c(Cl)cc(/C(O)=C2/C(=O)C(=O)N(c3ccccc3C)C2c2cccs2)c(OC)c1Cl. The number of ether oxygens (including phenoxy) is 2. The highest BCUT2D eigenvalue weighted by Crippen LogP contribution is 2.48. The van der Waals surface area contributed by atoms with E-state index in [9.17, 15) is 14.7 Å². The summed E-state index contributed by atoms with van der Waals surface area (Å²) < 4.78 is 10.6. The third-order valence-electron chi connectivity index (χ3n) is 5.43. The maximum atomic E-state index is 13.3. The van der Waals surface area contributed by atoms with E-state index < -0.39 is 23.5 Å². The number of Topliss-reactive ketones (excluding diaryl/α,β-unsaturated/α-hetero) is 1. The van der Waals surface area contributed by atoms with Gasteiger partial charge in [-0.2, -0.15) is 0 Å². The number of thiophene rings is 1. The maximum absolute atomic E-state index is 13.3. The van der Waals surface area contributed by atoms with Gasteiger partial charge in [-0.1, -0.05) is 47.5 Å². The van der Waals surface area contributed by atoms with E-state index in [1.54, 1.807) is 12.1 Å². The molecule has 1 fully saturated rings. The fourth-order valence-electron chi connectivity index (χ4n) is 3.92. The Morgan fingerprint density at radius 3 is 2.36 bits per heavy atom. The quantitative estimate of drug-likeness (QED) is 0.262. The van der Waals surface area contributed by atoms with Crippen LogP contribution in [0.2, 0.25) is 10.0 Å². The van der Waals surface area contributed by atoms with Gasteiger partial charge in [-0.15, -0.1) is 11.3 Å². The van der Waals surface area contributed by atoms with Gasteiger partial charge in [0.25, 0.3) is 11.7 Å². The number of hydrogen-bond acceptors (Lipinski definition) is 6. The number of aliphatic hydroxyl groups is 1. The molecule has 4 rings (SSSR count). The Hall–Kier alpha value is -3.00. The Labute approximate surface area is 204 Å². The van der Waals surface area contributed by atoms with Gasteiger partial charge in [-0.3, -0.25) is 14.5 Å². The number of halogens is 2. The van der Waals surface area contributed by atoms with Crippen LogP contribution in [0.25, 0.3) is 5.76 Å². The second-order valence-corrected chi connectivity index (χ2v) is 9.02. The van der Waals surface area contributed by atoms with Crippen LogP contribution in [0.15, 0.2) is 53.4 Å². The fourth-order valence-corrected chi connectivity index (χ4v) is 5.43. The summed E-state index contributed by atoms with van der Waals surface area (Å²) in [5.74, 6) is -1.76. The average molecular weight is 504 g/mol. The van der Waals surface area contributed by atoms with Crippen LogP contribution < -0.4 is 14.4 Å². The molecule has 1 amide bonds. The summed E-state index contributed by atoms with van der Waals surface area (Å²) in [5, 5.41) is 13.4. The molecular weight excluding hydrogens is 485 g/mol. The van der Waals surface area contributed by atoms with Crippen LogP contribution >= 0.6 is 34.5 Å². The number of aryl methyl sites for hydroxylation is 1. The highest BCUT2D eigenvalue weighted by atomic mass is 35.5. The largest absolute Gasteiger partial charge is 0.507 e. The van der Waals surface area contributed by atoms with Gasteiger partial charge in [0.1, 0.15) is 16.8 Å². The molecule has 1 aliphatic heterocycles. The summed E-state index contributed by atoms with van der Waals surface area (Å²) in [6, 6.07) is 11.4. The topological polar surface area (TPSA) is 76.1 Å². The molecule has 3 aromatic rings. The van der Waals surface area contributed by atoms with Gasteiger partial charge in [0.15, 0.2) is 11.5 Å². The fraction of sp³-hybridized carbons (Fsp3) is 0.167. The molecule has 1 aliphatic rings. The van der Waals surface area contributed by atoms with Crippen LogP contribution in [0.4, 0.5) is 5.69 Å². The van der Waals surface area contributed by atoms with Gasteiger partial charge >= 0.3 is 0 Å². The second kappa shape index (κ2) is 9.09. The highest BCUT2D eigenvalue weighted by Gasteiger charge is 2.48. The number of carbonyl (C=O) groups excluding carboxylic acids is 2. The predicted octanol–water partition coefficient (Wildman–Crippen LogP) is 6.01. The third kappa shape index (κ3) is 3.76. The van der Waals surface area contributed by atoms with Crippen molar-refractivity contribution >= 4 is 57.7 Å². The van der Waals surface area contributed by atoms with Crippen molar-refractivity contribution in [2.24, 2.45) is 0 Å². The van der Waals surface area contributed by atoms with E-state index in [-0.39, 0.29) is 32.7 Å². The molecule has 6 nitrogen and oxygen atoms in total. The van der Waals surface area contributed by atoms with Crippen LogP contribution in [0, 0.1) is 6.92 Å². The van der Waals surface area contributed by atoms with Gasteiger partial charge in [0.2, 0.25) is 0 Å². The molecule has 170 valence electrons. The Bertz CT molecular complexity index is 1290. The average Bonchev–Trinajstić information content (AvgIpc) is 3.41. The van der Waals surface area contributed by atoms with E-state index in [1.165, 1.54) is 36.5 Å². The Kier molecular flexibility index (Phi) is 6.38. The number of hydrogen-bond donors (Lipinski definition) is 1. The number of nitrogens with zero attached hydrogens (tertiary/aromatic N) is 1. The van der Waals surface area contributed by atoms with Crippen molar-refractivity contribution in [2.75, 3.05) is 19.1 Å². The molecule has 1 unspecified atom stereocenters. The zero-order valence-electron chi connectivity index (χ0n) is 17.9. The lowest BCUT2D eigenvalue weighted by Gasteiger charge is -2.25. The summed E-state index contributed by atoms with van der Waals surface area (Å²) in [5.41, 5.74) is 1.39. The standard InChI is InChI=1S/C24H19Cl2NO5S/c1-12-7-4-5-8-15(12)27-19(16-9-6-10-33-16)17(21(29)24(27)30)20(28)13-11-14(25)23(32-3)18(26)22(13)31-2/h4-11,19,28H,1-3H3/b20-17-. The molecular formula is C24H19Cl2NO5S. The van der Waals surface area contributed by atoms with Crippen LogP contribution in [-0.2, 0) is 9.59 Å². The zero-order valence-corrected chi connectivity index (χ0v) is 20.2. The van der Waals surface area contributed by atoms with Gasteiger partial charge in [0, 0.05) is 10.6 Å². The molecule has 33 heavy (non-hydrogen) atoms. The van der Waals surface area contributed by atoms with Crippen molar-refractivity contribution < 1.29 is 24.2 Å². The van der Waals surface area contributed by atoms with Crippen LogP contribution in [0.5, 0.6) is 11.5 Å². The van der Waals surface area contributed by atoms with Crippen molar-refractivity contribution in [3.8, 4) is 11.5 Å². The number of amides is 1. The number of para-hydroxylation sites is 1. The molecule has 2 heterocycles. The minimum atomic E-state index is -0.838. The molecule has 1 atom stereocenters. The van der Waals surface area contributed by atoms with Crippen LogP contribution in [0.1, 0.15) is 22.0 Å². The summed E-state index contributed by atoms with van der Waals surface area (Å²) in [4.78, 5) is 28.6. The Morgan fingerprint density at radius 1 is 1.06 bits per heavy atom. The lowest BCUT2D eigenvalue weighted by atomic mass is 9.98. The van der Waals surface area contributed by atoms with E-state index in [0.29, 0.717) is 10.6 Å². The number of aliphatic hydroxyl groups excluding tert-OH is 1. The number of rotatable bonds is 5. The smallest absolute Gasteiger partial charge is 0.300 e. The first kappa shape index (κ1) is 23.2. The highest BCUT2D eigenvalue weighted by molar-refractivity contribution is 7.10.